The minimum absolute atomic E-state index is 0.0135. The number of hydrogen-bond acceptors (Lipinski definition) is 3. The molecule has 0 saturated heterocycles. The number of nitrogens with zero attached hydrogens (tertiary/aromatic N) is 2. The number of halogens is 1. The maximum absolute atomic E-state index is 13.0. The molecule has 1 aromatic carbocycles. The van der Waals surface area contributed by atoms with Crippen molar-refractivity contribution in [3.63, 3.8) is 0 Å². The number of imidazole rings is 1. The summed E-state index contributed by atoms with van der Waals surface area (Å²) in [7, 11) is 0. The number of aromatic nitrogens is 2. The molecule has 1 heterocycles. The summed E-state index contributed by atoms with van der Waals surface area (Å²) in [5, 5.41) is 6.76. The van der Waals surface area contributed by atoms with Crippen LogP contribution in [-0.4, -0.2) is 27.9 Å². The van der Waals surface area contributed by atoms with Gasteiger partial charge in [-0.05, 0) is 56.9 Å². The van der Waals surface area contributed by atoms with E-state index in [4.69, 9.17) is 11.6 Å². The summed E-state index contributed by atoms with van der Waals surface area (Å²) < 4.78 is 2.15. The monoisotopic (exact) mass is 428 g/mol. The van der Waals surface area contributed by atoms with Crippen molar-refractivity contribution in [3.05, 3.63) is 47.5 Å². The van der Waals surface area contributed by atoms with Crippen LogP contribution in [0.5, 0.6) is 0 Å². The van der Waals surface area contributed by atoms with E-state index in [2.05, 4.69) is 20.2 Å². The molecule has 0 radical (unpaired) electrons. The Balaban J connectivity index is 1.35. The minimum atomic E-state index is -0.291. The van der Waals surface area contributed by atoms with Crippen molar-refractivity contribution in [2.75, 3.05) is 11.9 Å². The lowest BCUT2D eigenvalue weighted by Gasteiger charge is -2.30. The molecule has 2 aliphatic rings. The Morgan fingerprint density at radius 3 is 2.40 bits per heavy atom. The standard InChI is InChI=1S/C23H29ClN4O2/c1-16-25-12-13-28(16)15-23(10-11-23)14-26-21(29)19-4-2-3-5-20(19)22(30)27-18-8-6-17(24)7-9-18/h6-9,12-13,19-20H,2-5,10-11,14-15H2,1H3,(H,26,29)(H,27,30)/t19-,20+/m0/s1. The van der Waals surface area contributed by atoms with Gasteiger partial charge in [-0.3, -0.25) is 9.59 Å². The van der Waals surface area contributed by atoms with Crippen molar-refractivity contribution in [1.82, 2.24) is 14.9 Å². The molecule has 7 heteroatoms. The third-order valence-corrected chi connectivity index (χ3v) is 6.83. The quantitative estimate of drug-likeness (QED) is 0.694. The van der Waals surface area contributed by atoms with Gasteiger partial charge in [0.25, 0.3) is 0 Å². The van der Waals surface area contributed by atoms with E-state index in [1.54, 1.807) is 24.3 Å². The van der Waals surface area contributed by atoms with Gasteiger partial charge in [0.1, 0.15) is 5.82 Å². The van der Waals surface area contributed by atoms with Gasteiger partial charge in [-0.15, -0.1) is 0 Å². The Morgan fingerprint density at radius 2 is 1.80 bits per heavy atom. The molecule has 4 rings (SSSR count). The Morgan fingerprint density at radius 1 is 1.13 bits per heavy atom. The molecular formula is C23H29ClN4O2. The SMILES string of the molecule is Cc1nccn1CC1(CNC(=O)[C@H]2CCCC[C@H]2C(=O)Nc2ccc(Cl)cc2)CC1. The molecule has 0 unspecified atom stereocenters. The van der Waals surface area contributed by atoms with Gasteiger partial charge < -0.3 is 15.2 Å². The van der Waals surface area contributed by atoms with Gasteiger partial charge in [-0.25, -0.2) is 4.98 Å². The van der Waals surface area contributed by atoms with Crippen LogP contribution in [0.2, 0.25) is 5.02 Å². The third kappa shape index (κ3) is 4.86. The first-order chi connectivity index (χ1) is 14.5. The molecule has 2 aromatic rings. The lowest BCUT2D eigenvalue weighted by molar-refractivity contribution is -0.134. The number of carbonyl (C=O) groups is 2. The maximum atomic E-state index is 13.0. The second-order valence-electron chi connectivity index (χ2n) is 8.81. The summed E-state index contributed by atoms with van der Waals surface area (Å²) in [5.41, 5.74) is 0.832. The largest absolute Gasteiger partial charge is 0.355 e. The third-order valence-electron chi connectivity index (χ3n) is 6.58. The highest BCUT2D eigenvalue weighted by molar-refractivity contribution is 6.30. The summed E-state index contributed by atoms with van der Waals surface area (Å²) in [5.74, 6) is 0.378. The highest BCUT2D eigenvalue weighted by Gasteiger charge is 2.44. The first kappa shape index (κ1) is 20.9. The number of rotatable bonds is 7. The molecule has 2 atom stereocenters. The average Bonchev–Trinajstić information content (AvgIpc) is 3.41. The van der Waals surface area contributed by atoms with Crippen LogP contribution in [0.4, 0.5) is 5.69 Å². The van der Waals surface area contributed by atoms with Crippen molar-refractivity contribution < 1.29 is 9.59 Å². The molecule has 0 aliphatic heterocycles. The molecular weight excluding hydrogens is 400 g/mol. The smallest absolute Gasteiger partial charge is 0.228 e. The molecule has 0 spiro atoms. The van der Waals surface area contributed by atoms with Crippen molar-refractivity contribution in [1.29, 1.82) is 0 Å². The second-order valence-corrected chi connectivity index (χ2v) is 9.25. The number of hydrogen-bond donors (Lipinski definition) is 2. The number of aryl methyl sites for hydroxylation is 1. The predicted molar refractivity (Wildman–Crippen MR) is 117 cm³/mol. The van der Waals surface area contributed by atoms with E-state index < -0.39 is 0 Å². The molecule has 160 valence electrons. The van der Waals surface area contributed by atoms with Crippen molar-refractivity contribution in [2.45, 2.75) is 52.0 Å². The van der Waals surface area contributed by atoms with Crippen LogP contribution < -0.4 is 10.6 Å². The highest BCUT2D eigenvalue weighted by Crippen LogP contribution is 2.46. The highest BCUT2D eigenvalue weighted by atomic mass is 35.5. The van der Waals surface area contributed by atoms with E-state index in [0.29, 0.717) is 17.3 Å². The van der Waals surface area contributed by atoms with E-state index in [9.17, 15) is 9.59 Å². The zero-order valence-electron chi connectivity index (χ0n) is 17.4. The average molecular weight is 429 g/mol. The molecule has 2 fully saturated rings. The van der Waals surface area contributed by atoms with Crippen LogP contribution in [-0.2, 0) is 16.1 Å². The van der Waals surface area contributed by atoms with Gasteiger partial charge in [-0.1, -0.05) is 24.4 Å². The van der Waals surface area contributed by atoms with Gasteiger partial charge in [-0.2, -0.15) is 0 Å². The first-order valence-corrected chi connectivity index (χ1v) is 11.2. The van der Waals surface area contributed by atoms with Crippen LogP contribution in [0, 0.1) is 24.2 Å². The normalized spacial score (nSPS) is 22.3. The Bertz CT molecular complexity index is 904. The Labute approximate surface area is 182 Å². The zero-order valence-corrected chi connectivity index (χ0v) is 18.1. The molecule has 0 bridgehead atoms. The fraction of sp³-hybridized carbons (Fsp3) is 0.522. The van der Waals surface area contributed by atoms with Crippen LogP contribution >= 0.6 is 11.6 Å². The molecule has 2 saturated carbocycles. The van der Waals surface area contributed by atoms with Crippen LogP contribution in [0.15, 0.2) is 36.7 Å². The molecule has 1 aromatic heterocycles. The second kappa shape index (κ2) is 8.80. The van der Waals surface area contributed by atoms with E-state index in [1.807, 2.05) is 19.3 Å². The summed E-state index contributed by atoms with van der Waals surface area (Å²) in [6.07, 6.45) is 9.50. The minimum Gasteiger partial charge on any atom is -0.355 e. The van der Waals surface area contributed by atoms with Crippen molar-refractivity contribution in [3.8, 4) is 0 Å². The van der Waals surface area contributed by atoms with Gasteiger partial charge in [0, 0.05) is 53.4 Å². The number of amides is 2. The van der Waals surface area contributed by atoms with Crippen LogP contribution in [0.1, 0.15) is 44.3 Å². The Kier molecular flexibility index (Phi) is 6.14. The van der Waals surface area contributed by atoms with Gasteiger partial charge in [0.2, 0.25) is 11.8 Å². The molecule has 2 amide bonds. The predicted octanol–water partition coefficient (Wildman–Crippen LogP) is 4.19. The Hall–Kier alpha value is -2.34. The van der Waals surface area contributed by atoms with E-state index >= 15 is 0 Å². The lowest BCUT2D eigenvalue weighted by Crippen LogP contribution is -2.43. The summed E-state index contributed by atoms with van der Waals surface area (Å²) in [6.45, 7) is 3.54. The lowest BCUT2D eigenvalue weighted by atomic mass is 9.78. The van der Waals surface area contributed by atoms with Crippen molar-refractivity contribution >= 4 is 29.1 Å². The van der Waals surface area contributed by atoms with E-state index in [-0.39, 0.29) is 29.1 Å². The summed E-state index contributed by atoms with van der Waals surface area (Å²) >= 11 is 5.92. The maximum Gasteiger partial charge on any atom is 0.228 e. The number of nitrogens with one attached hydrogen (secondary N) is 2. The van der Waals surface area contributed by atoms with E-state index in [1.165, 1.54) is 0 Å². The molecule has 2 aliphatic carbocycles. The number of carbonyl (C=O) groups excluding carboxylic acids is 2. The fourth-order valence-corrected chi connectivity index (χ4v) is 4.56. The van der Waals surface area contributed by atoms with Crippen LogP contribution in [0.3, 0.4) is 0 Å². The molecule has 30 heavy (non-hydrogen) atoms. The van der Waals surface area contributed by atoms with Gasteiger partial charge >= 0.3 is 0 Å². The van der Waals surface area contributed by atoms with Crippen LogP contribution in [0.25, 0.3) is 0 Å². The van der Waals surface area contributed by atoms with Gasteiger partial charge in [0.15, 0.2) is 0 Å². The zero-order chi connectivity index (χ0) is 21.1. The van der Waals surface area contributed by atoms with E-state index in [0.717, 1.165) is 50.9 Å². The topological polar surface area (TPSA) is 76.0 Å². The van der Waals surface area contributed by atoms with Gasteiger partial charge in [0.05, 0.1) is 0 Å². The van der Waals surface area contributed by atoms with Crippen molar-refractivity contribution in [2.24, 2.45) is 17.3 Å². The number of anilines is 1. The number of benzene rings is 1. The summed E-state index contributed by atoms with van der Waals surface area (Å²) in [6, 6.07) is 7.07. The summed E-state index contributed by atoms with van der Waals surface area (Å²) in [4.78, 5) is 30.2. The molecule has 2 N–H and O–H groups in total. The fourth-order valence-electron chi connectivity index (χ4n) is 4.43. The first-order valence-electron chi connectivity index (χ1n) is 10.8. The molecule has 6 nitrogen and oxygen atoms in total.